The van der Waals surface area contributed by atoms with Crippen molar-refractivity contribution >= 4 is 11.8 Å². The number of amides is 1. The zero-order valence-electron chi connectivity index (χ0n) is 19.3. The molecule has 1 aromatic rings. The second kappa shape index (κ2) is 8.32. The quantitative estimate of drug-likeness (QED) is 0.702. The van der Waals surface area contributed by atoms with Crippen molar-refractivity contribution in [3.8, 4) is 5.75 Å². The Labute approximate surface area is 196 Å². The zero-order chi connectivity index (χ0) is 24.3. The van der Waals surface area contributed by atoms with E-state index in [1.54, 1.807) is 4.90 Å². The standard InChI is InChI=1S/C24H30F3N3O4/c1-14(2)23(7-5-17(10-23)29-8-6-18-20(12-29)34-28-21(18)31)22(32)30-11-15-9-16(24(25,26)27)3-4-19(15)33-13-30/h3-4,9,14,17-18,20H,5-8,10-13H2,1-2H3,(H,28,31)/t17?,18?,20?,23-/m0/s1. The third-order valence-electron chi connectivity index (χ3n) is 8.19. The van der Waals surface area contributed by atoms with Gasteiger partial charge in [-0.05, 0) is 56.3 Å². The molecule has 4 atom stereocenters. The molecule has 2 fully saturated rings. The lowest BCUT2D eigenvalue weighted by molar-refractivity contribution is -0.150. The SMILES string of the molecule is CC(C)[C@]1(C(=O)N2COc3ccc(C(F)(F)F)cc3C2)CCC(N2CCC3C(O)=NOC3C2)C1. The minimum Gasteiger partial charge on any atom is -0.494 e. The van der Waals surface area contributed by atoms with Crippen LogP contribution in [0.2, 0.25) is 0 Å². The summed E-state index contributed by atoms with van der Waals surface area (Å²) in [4.78, 5) is 23.1. The average molecular weight is 482 g/mol. The molecule has 0 aromatic heterocycles. The number of hydrogen-bond donors (Lipinski definition) is 1. The van der Waals surface area contributed by atoms with Gasteiger partial charge in [0.1, 0.15) is 5.75 Å². The lowest BCUT2D eigenvalue weighted by atomic mass is 9.74. The molecule has 1 saturated heterocycles. The van der Waals surface area contributed by atoms with Crippen molar-refractivity contribution in [3.63, 3.8) is 0 Å². The van der Waals surface area contributed by atoms with Gasteiger partial charge < -0.3 is 19.6 Å². The molecule has 1 aromatic carbocycles. The summed E-state index contributed by atoms with van der Waals surface area (Å²) in [5.74, 6) is 0.426. The molecular weight excluding hydrogens is 451 g/mol. The van der Waals surface area contributed by atoms with Gasteiger partial charge in [-0.3, -0.25) is 9.69 Å². The van der Waals surface area contributed by atoms with Crippen LogP contribution >= 0.6 is 0 Å². The van der Waals surface area contributed by atoms with E-state index in [0.29, 0.717) is 30.7 Å². The topological polar surface area (TPSA) is 74.6 Å². The molecule has 1 amide bonds. The number of piperidine rings is 1. The number of halogens is 3. The molecule has 186 valence electrons. The molecule has 34 heavy (non-hydrogen) atoms. The summed E-state index contributed by atoms with van der Waals surface area (Å²) in [7, 11) is 0. The van der Waals surface area contributed by atoms with E-state index < -0.39 is 17.2 Å². The summed E-state index contributed by atoms with van der Waals surface area (Å²) in [6, 6.07) is 3.63. The Morgan fingerprint density at radius 3 is 2.82 bits per heavy atom. The number of ether oxygens (including phenoxy) is 1. The van der Waals surface area contributed by atoms with E-state index in [4.69, 9.17) is 9.57 Å². The third-order valence-corrected chi connectivity index (χ3v) is 8.19. The van der Waals surface area contributed by atoms with E-state index in [2.05, 4.69) is 10.1 Å². The first-order valence-electron chi connectivity index (χ1n) is 11.9. The van der Waals surface area contributed by atoms with Crippen LogP contribution in [0.15, 0.2) is 23.4 Å². The number of likely N-dealkylation sites (tertiary alicyclic amines) is 1. The van der Waals surface area contributed by atoms with Crippen LogP contribution in [0.25, 0.3) is 0 Å². The number of aliphatic hydroxyl groups is 1. The largest absolute Gasteiger partial charge is 0.494 e. The van der Waals surface area contributed by atoms with Crippen LogP contribution in [-0.2, 0) is 22.4 Å². The Hall–Kier alpha value is -2.49. The number of benzene rings is 1. The minimum absolute atomic E-state index is 0.0360. The number of fused-ring (bicyclic) bond motifs is 2. The first kappa shape index (κ1) is 23.3. The van der Waals surface area contributed by atoms with Gasteiger partial charge in [-0.2, -0.15) is 13.2 Å². The molecule has 5 rings (SSSR count). The lowest BCUT2D eigenvalue weighted by Gasteiger charge is -2.41. The van der Waals surface area contributed by atoms with E-state index in [9.17, 15) is 23.1 Å². The van der Waals surface area contributed by atoms with Gasteiger partial charge in [-0.15, -0.1) is 0 Å². The number of nitrogens with zero attached hydrogens (tertiary/aromatic N) is 3. The summed E-state index contributed by atoms with van der Waals surface area (Å²) in [6.45, 7) is 5.69. The predicted molar refractivity (Wildman–Crippen MR) is 117 cm³/mol. The van der Waals surface area contributed by atoms with Crippen molar-refractivity contribution in [2.45, 2.75) is 64.4 Å². The van der Waals surface area contributed by atoms with E-state index in [1.807, 2.05) is 13.8 Å². The molecule has 3 heterocycles. The first-order chi connectivity index (χ1) is 16.1. The van der Waals surface area contributed by atoms with Crippen LogP contribution in [0.4, 0.5) is 13.2 Å². The van der Waals surface area contributed by atoms with Gasteiger partial charge in [-0.1, -0.05) is 19.0 Å². The predicted octanol–water partition coefficient (Wildman–Crippen LogP) is 4.17. The van der Waals surface area contributed by atoms with Crippen LogP contribution in [0.3, 0.4) is 0 Å². The number of rotatable bonds is 3. The molecule has 0 spiro atoms. The van der Waals surface area contributed by atoms with E-state index >= 15 is 0 Å². The summed E-state index contributed by atoms with van der Waals surface area (Å²) >= 11 is 0. The Kier molecular flexibility index (Phi) is 5.69. The molecule has 4 aliphatic rings. The van der Waals surface area contributed by atoms with Crippen molar-refractivity contribution in [3.05, 3.63) is 29.3 Å². The Morgan fingerprint density at radius 2 is 2.09 bits per heavy atom. The van der Waals surface area contributed by atoms with Crippen LogP contribution < -0.4 is 4.74 Å². The van der Waals surface area contributed by atoms with Crippen LogP contribution in [0.5, 0.6) is 5.75 Å². The van der Waals surface area contributed by atoms with Crippen molar-refractivity contribution in [1.29, 1.82) is 0 Å². The lowest BCUT2D eigenvalue weighted by Crippen LogP contribution is -2.51. The Morgan fingerprint density at radius 1 is 1.29 bits per heavy atom. The highest BCUT2D eigenvalue weighted by Crippen LogP contribution is 2.49. The normalized spacial score (nSPS) is 31.5. The van der Waals surface area contributed by atoms with Gasteiger partial charge in [0.2, 0.25) is 11.8 Å². The fourth-order valence-electron chi connectivity index (χ4n) is 6.05. The maximum absolute atomic E-state index is 13.8. The van der Waals surface area contributed by atoms with Crippen molar-refractivity contribution in [2.24, 2.45) is 22.4 Å². The smallest absolute Gasteiger partial charge is 0.416 e. The van der Waals surface area contributed by atoms with Crippen LogP contribution in [0, 0.1) is 17.3 Å². The van der Waals surface area contributed by atoms with Crippen molar-refractivity contribution < 1.29 is 32.6 Å². The fraction of sp³-hybridized carbons (Fsp3) is 0.667. The molecule has 0 bridgehead atoms. The van der Waals surface area contributed by atoms with Crippen molar-refractivity contribution in [2.75, 3.05) is 19.8 Å². The summed E-state index contributed by atoms with van der Waals surface area (Å²) in [5, 5.41) is 13.6. The average Bonchev–Trinajstić information content (AvgIpc) is 3.42. The maximum atomic E-state index is 13.8. The fourth-order valence-corrected chi connectivity index (χ4v) is 6.05. The summed E-state index contributed by atoms with van der Waals surface area (Å²) < 4.78 is 45.3. The summed E-state index contributed by atoms with van der Waals surface area (Å²) in [6.07, 6.45) is -1.59. The number of aliphatic hydroxyl groups excluding tert-OH is 1. The highest BCUT2D eigenvalue weighted by Gasteiger charge is 2.52. The van der Waals surface area contributed by atoms with Gasteiger partial charge in [0, 0.05) is 18.2 Å². The van der Waals surface area contributed by atoms with E-state index in [-0.39, 0.29) is 49.1 Å². The molecule has 1 N–H and O–H groups in total. The molecule has 1 saturated carbocycles. The summed E-state index contributed by atoms with van der Waals surface area (Å²) in [5.41, 5.74) is -0.960. The third kappa shape index (κ3) is 3.89. The van der Waals surface area contributed by atoms with Gasteiger partial charge in [0.15, 0.2) is 12.8 Å². The molecule has 3 aliphatic heterocycles. The van der Waals surface area contributed by atoms with E-state index in [0.717, 1.165) is 31.5 Å². The number of alkyl halides is 3. The number of oxime groups is 1. The van der Waals surface area contributed by atoms with Crippen LogP contribution in [0.1, 0.15) is 50.7 Å². The van der Waals surface area contributed by atoms with E-state index in [1.165, 1.54) is 6.07 Å². The molecule has 10 heteroatoms. The molecular formula is C24H30F3N3O4. The highest BCUT2D eigenvalue weighted by molar-refractivity contribution is 5.84. The van der Waals surface area contributed by atoms with Gasteiger partial charge >= 0.3 is 6.18 Å². The number of hydrogen-bond acceptors (Lipinski definition) is 5. The van der Waals surface area contributed by atoms with Crippen LogP contribution in [-0.4, -0.2) is 58.7 Å². The van der Waals surface area contributed by atoms with Crippen molar-refractivity contribution in [1.82, 2.24) is 9.80 Å². The molecule has 0 radical (unpaired) electrons. The molecule has 3 unspecified atom stereocenters. The second-order valence-electron chi connectivity index (χ2n) is 10.3. The molecule has 7 nitrogen and oxygen atoms in total. The monoisotopic (exact) mass is 481 g/mol. The van der Waals surface area contributed by atoms with Gasteiger partial charge in [-0.25, -0.2) is 0 Å². The maximum Gasteiger partial charge on any atom is 0.416 e. The first-order valence-corrected chi connectivity index (χ1v) is 11.9. The number of carbonyl (C=O) groups excluding carboxylic acids is 1. The molecule has 1 aliphatic carbocycles. The highest BCUT2D eigenvalue weighted by atomic mass is 19.4. The second-order valence-corrected chi connectivity index (χ2v) is 10.3. The minimum atomic E-state index is -4.45. The Balaban J connectivity index is 1.31. The van der Waals surface area contributed by atoms with Gasteiger partial charge in [0.05, 0.1) is 23.4 Å². The number of carbonyl (C=O) groups is 1. The Bertz CT molecular complexity index is 998. The zero-order valence-corrected chi connectivity index (χ0v) is 19.3. The van der Waals surface area contributed by atoms with Gasteiger partial charge in [0.25, 0.3) is 0 Å².